The Morgan fingerprint density at radius 3 is 2.81 bits per heavy atom. The van der Waals surface area contributed by atoms with E-state index in [2.05, 4.69) is 23.7 Å². The van der Waals surface area contributed by atoms with Crippen LogP contribution >= 0.6 is 0 Å². The van der Waals surface area contributed by atoms with Crippen LogP contribution in [-0.2, 0) is 0 Å². The third-order valence-electron chi connectivity index (χ3n) is 3.64. The molecule has 0 saturated heterocycles. The second kappa shape index (κ2) is 5.26. The number of rotatable bonds is 2. The number of hydrogen-bond donors (Lipinski definition) is 0. The first-order chi connectivity index (χ1) is 10.2. The highest BCUT2D eigenvalue weighted by Crippen LogP contribution is 2.39. The van der Waals surface area contributed by atoms with E-state index in [1.54, 1.807) is 7.11 Å². The van der Waals surface area contributed by atoms with Crippen molar-refractivity contribution in [1.29, 1.82) is 5.26 Å². The second-order valence-corrected chi connectivity index (χ2v) is 4.86. The van der Waals surface area contributed by atoms with Gasteiger partial charge in [0.1, 0.15) is 11.8 Å². The first-order valence-corrected chi connectivity index (χ1v) is 6.64. The monoisotopic (exact) mass is 274 g/mol. The Morgan fingerprint density at radius 2 is 2.05 bits per heavy atom. The van der Waals surface area contributed by atoms with Crippen LogP contribution in [0.4, 0.5) is 0 Å². The molecule has 2 aromatic carbocycles. The topological polar surface area (TPSA) is 45.4 Å². The molecule has 102 valence electrons. The molecule has 0 bridgehead atoms. The van der Waals surface area contributed by atoms with Crippen molar-refractivity contribution >= 4 is 6.21 Å². The van der Waals surface area contributed by atoms with Crippen LogP contribution in [0.5, 0.6) is 5.75 Å². The average molecular weight is 274 g/mol. The van der Waals surface area contributed by atoms with Gasteiger partial charge in [0.15, 0.2) is 0 Å². The summed E-state index contributed by atoms with van der Waals surface area (Å²) in [7, 11) is 1.63. The molecular formula is C18H14N2O. The number of nitriles is 1. The molecule has 1 aliphatic rings. The fourth-order valence-electron chi connectivity index (χ4n) is 2.57. The summed E-state index contributed by atoms with van der Waals surface area (Å²) in [6, 6.07) is 15.7. The van der Waals surface area contributed by atoms with Gasteiger partial charge in [-0.3, -0.25) is 4.99 Å². The van der Waals surface area contributed by atoms with Crippen molar-refractivity contribution in [3.05, 3.63) is 65.7 Å². The van der Waals surface area contributed by atoms with Crippen LogP contribution < -0.4 is 4.74 Å². The maximum Gasteiger partial charge on any atom is 0.119 e. The summed E-state index contributed by atoms with van der Waals surface area (Å²) in [6.45, 7) is 3.84. The summed E-state index contributed by atoms with van der Waals surface area (Å²) in [5.74, 6) is 0.749. The molecule has 21 heavy (non-hydrogen) atoms. The lowest BCUT2D eigenvalue weighted by Crippen LogP contribution is -2.00. The molecule has 0 amide bonds. The van der Waals surface area contributed by atoms with Gasteiger partial charge in [-0.05, 0) is 28.8 Å². The summed E-state index contributed by atoms with van der Waals surface area (Å²) < 4.78 is 5.31. The van der Waals surface area contributed by atoms with Gasteiger partial charge >= 0.3 is 0 Å². The molecule has 0 aliphatic carbocycles. The highest BCUT2D eigenvalue weighted by molar-refractivity contribution is 5.93. The first-order valence-electron chi connectivity index (χ1n) is 6.64. The van der Waals surface area contributed by atoms with Crippen molar-refractivity contribution in [3.8, 4) is 22.9 Å². The zero-order valence-electron chi connectivity index (χ0n) is 11.7. The molecule has 0 aromatic heterocycles. The molecule has 3 heteroatoms. The Bertz CT molecular complexity index is 784. The van der Waals surface area contributed by atoms with E-state index in [9.17, 15) is 5.26 Å². The summed E-state index contributed by atoms with van der Waals surface area (Å²) in [5, 5.41) is 9.19. The Kier molecular flexibility index (Phi) is 3.29. The van der Waals surface area contributed by atoms with Crippen LogP contribution in [0.25, 0.3) is 11.1 Å². The SMILES string of the molecule is C=C(C#N)C1N=Cc2ccccc2-c2ccc(OC)cc21. The molecule has 3 rings (SSSR count). The van der Waals surface area contributed by atoms with Gasteiger partial charge in [-0.1, -0.05) is 36.9 Å². The van der Waals surface area contributed by atoms with Crippen LogP contribution in [0.3, 0.4) is 0 Å². The number of fused-ring (bicyclic) bond motifs is 3. The van der Waals surface area contributed by atoms with Gasteiger partial charge in [0.05, 0.1) is 18.8 Å². The van der Waals surface area contributed by atoms with Crippen molar-refractivity contribution in [2.45, 2.75) is 6.04 Å². The van der Waals surface area contributed by atoms with Crippen molar-refractivity contribution in [3.63, 3.8) is 0 Å². The van der Waals surface area contributed by atoms with Crippen molar-refractivity contribution in [2.24, 2.45) is 4.99 Å². The van der Waals surface area contributed by atoms with Crippen molar-refractivity contribution < 1.29 is 4.74 Å². The minimum absolute atomic E-state index is 0.368. The fourth-order valence-corrected chi connectivity index (χ4v) is 2.57. The van der Waals surface area contributed by atoms with E-state index < -0.39 is 0 Å². The molecule has 0 N–H and O–H groups in total. The zero-order chi connectivity index (χ0) is 14.8. The van der Waals surface area contributed by atoms with Crippen LogP contribution in [0.1, 0.15) is 17.2 Å². The Balaban J connectivity index is 2.29. The molecule has 1 unspecified atom stereocenters. The van der Waals surface area contributed by atoms with Crippen LogP contribution in [-0.4, -0.2) is 13.3 Å². The maximum atomic E-state index is 9.19. The number of methoxy groups -OCH3 is 1. The summed E-state index contributed by atoms with van der Waals surface area (Å²) in [6.07, 6.45) is 1.81. The number of ether oxygens (including phenoxy) is 1. The lowest BCUT2D eigenvalue weighted by molar-refractivity contribution is 0.414. The summed E-state index contributed by atoms with van der Waals surface area (Å²) >= 11 is 0. The predicted molar refractivity (Wildman–Crippen MR) is 83.5 cm³/mol. The molecule has 0 fully saturated rings. The third-order valence-corrected chi connectivity index (χ3v) is 3.64. The first kappa shape index (κ1) is 13.1. The maximum absolute atomic E-state index is 9.19. The summed E-state index contributed by atoms with van der Waals surface area (Å²) in [4.78, 5) is 4.55. The normalized spacial score (nSPS) is 15.3. The zero-order valence-corrected chi connectivity index (χ0v) is 11.7. The average Bonchev–Trinajstić information content (AvgIpc) is 2.70. The molecule has 3 nitrogen and oxygen atoms in total. The van der Waals surface area contributed by atoms with E-state index in [0.29, 0.717) is 5.57 Å². The standard InChI is InChI=1S/C18H14N2O/c1-12(10-19)18-17-9-14(21-2)7-8-16(17)15-6-4-3-5-13(15)11-20-18/h3-9,11,18H,1H2,2H3. The van der Waals surface area contributed by atoms with Gasteiger partial charge < -0.3 is 4.74 Å². The van der Waals surface area contributed by atoms with Crippen LogP contribution in [0, 0.1) is 11.3 Å². The van der Waals surface area contributed by atoms with E-state index in [4.69, 9.17) is 4.74 Å². The Labute approximate surface area is 123 Å². The van der Waals surface area contributed by atoms with Crippen LogP contribution in [0.2, 0.25) is 0 Å². The smallest absolute Gasteiger partial charge is 0.119 e. The highest BCUT2D eigenvalue weighted by Gasteiger charge is 2.22. The van der Waals surface area contributed by atoms with E-state index >= 15 is 0 Å². The number of aliphatic imine (C=N–C) groups is 1. The van der Waals surface area contributed by atoms with Gasteiger partial charge in [0, 0.05) is 11.8 Å². The van der Waals surface area contributed by atoms with Crippen molar-refractivity contribution in [2.75, 3.05) is 7.11 Å². The Morgan fingerprint density at radius 1 is 1.24 bits per heavy atom. The molecule has 1 aliphatic heterocycles. The second-order valence-electron chi connectivity index (χ2n) is 4.86. The molecule has 0 spiro atoms. The van der Waals surface area contributed by atoms with E-state index in [1.165, 1.54) is 0 Å². The number of hydrogen-bond acceptors (Lipinski definition) is 3. The molecule has 0 radical (unpaired) electrons. The molecule has 1 atom stereocenters. The molecule has 0 saturated carbocycles. The summed E-state index contributed by atoms with van der Waals surface area (Å²) in [5.41, 5.74) is 4.57. The van der Waals surface area contributed by atoms with E-state index in [0.717, 1.165) is 28.0 Å². The third kappa shape index (κ3) is 2.21. The lowest BCUT2D eigenvalue weighted by Gasteiger charge is -2.15. The molecular weight excluding hydrogens is 260 g/mol. The van der Waals surface area contributed by atoms with E-state index in [1.807, 2.05) is 42.6 Å². The van der Waals surface area contributed by atoms with E-state index in [-0.39, 0.29) is 6.04 Å². The largest absolute Gasteiger partial charge is 0.497 e. The quantitative estimate of drug-likeness (QED) is 0.779. The van der Waals surface area contributed by atoms with Gasteiger partial charge in [-0.2, -0.15) is 5.26 Å². The Hall–Kier alpha value is -2.86. The van der Waals surface area contributed by atoms with Gasteiger partial charge in [-0.15, -0.1) is 0 Å². The fraction of sp³-hybridized carbons (Fsp3) is 0.111. The molecule has 2 aromatic rings. The van der Waals surface area contributed by atoms with Gasteiger partial charge in [0.2, 0.25) is 0 Å². The molecule has 1 heterocycles. The van der Waals surface area contributed by atoms with Gasteiger partial charge in [0.25, 0.3) is 0 Å². The minimum atomic E-state index is -0.368. The number of benzene rings is 2. The minimum Gasteiger partial charge on any atom is -0.497 e. The lowest BCUT2D eigenvalue weighted by atomic mass is 9.91. The number of nitrogens with zero attached hydrogens (tertiary/aromatic N) is 2. The highest BCUT2D eigenvalue weighted by atomic mass is 16.5. The van der Waals surface area contributed by atoms with Crippen molar-refractivity contribution in [1.82, 2.24) is 0 Å². The predicted octanol–water partition coefficient (Wildman–Crippen LogP) is 3.92. The van der Waals surface area contributed by atoms with Crippen LogP contribution in [0.15, 0.2) is 59.6 Å². The van der Waals surface area contributed by atoms with Gasteiger partial charge in [-0.25, -0.2) is 0 Å².